The molecule has 142 valence electrons. The summed E-state index contributed by atoms with van der Waals surface area (Å²) in [5, 5.41) is 6.03. The number of carbonyl (C=O) groups excluding carboxylic acids is 1. The molecule has 1 fully saturated rings. The zero-order chi connectivity index (χ0) is 14.8. The predicted molar refractivity (Wildman–Crippen MR) is 103 cm³/mol. The SMILES string of the molecule is CCN1CCN(C(C)CNC(=O)CNCCOC)CC1.Cl.Cl.Cl. The van der Waals surface area contributed by atoms with Crippen molar-refractivity contribution in [3.8, 4) is 0 Å². The summed E-state index contributed by atoms with van der Waals surface area (Å²) in [6, 6.07) is 0.400. The number of carbonyl (C=O) groups is 1. The monoisotopic (exact) mass is 394 g/mol. The van der Waals surface area contributed by atoms with Crippen molar-refractivity contribution in [2.45, 2.75) is 19.9 Å². The highest BCUT2D eigenvalue weighted by molar-refractivity contribution is 5.86. The first-order chi connectivity index (χ1) is 9.67. The fraction of sp³-hybridized carbons (Fsp3) is 0.929. The molecule has 0 aromatic carbocycles. The molecule has 0 bridgehead atoms. The number of hydrogen-bond donors (Lipinski definition) is 2. The van der Waals surface area contributed by atoms with Crippen molar-refractivity contribution in [1.29, 1.82) is 0 Å². The molecule has 2 N–H and O–H groups in total. The van der Waals surface area contributed by atoms with Crippen molar-refractivity contribution < 1.29 is 9.53 Å². The van der Waals surface area contributed by atoms with Gasteiger partial charge in [-0.3, -0.25) is 9.69 Å². The number of nitrogens with one attached hydrogen (secondary N) is 2. The van der Waals surface area contributed by atoms with Crippen LogP contribution in [0.15, 0.2) is 0 Å². The van der Waals surface area contributed by atoms with Crippen molar-refractivity contribution >= 4 is 43.1 Å². The van der Waals surface area contributed by atoms with Crippen molar-refractivity contribution in [1.82, 2.24) is 20.4 Å². The molecule has 1 aliphatic heterocycles. The van der Waals surface area contributed by atoms with Gasteiger partial charge < -0.3 is 20.3 Å². The molecule has 1 unspecified atom stereocenters. The topological polar surface area (TPSA) is 56.8 Å². The first kappa shape index (κ1) is 28.0. The Hall–Kier alpha value is 0.180. The quantitative estimate of drug-likeness (QED) is 0.561. The van der Waals surface area contributed by atoms with E-state index in [1.807, 2.05) is 0 Å². The molecule has 1 heterocycles. The molecule has 23 heavy (non-hydrogen) atoms. The van der Waals surface area contributed by atoms with Crippen molar-refractivity contribution in [2.75, 3.05) is 66.1 Å². The van der Waals surface area contributed by atoms with Gasteiger partial charge >= 0.3 is 0 Å². The van der Waals surface area contributed by atoms with Crippen LogP contribution in [0.25, 0.3) is 0 Å². The van der Waals surface area contributed by atoms with Gasteiger partial charge in [-0.15, -0.1) is 37.2 Å². The number of hydrogen-bond acceptors (Lipinski definition) is 5. The fourth-order valence-electron chi connectivity index (χ4n) is 2.35. The minimum Gasteiger partial charge on any atom is -0.383 e. The van der Waals surface area contributed by atoms with Crippen LogP contribution < -0.4 is 10.6 Å². The van der Waals surface area contributed by atoms with E-state index in [0.717, 1.165) is 39.3 Å². The van der Waals surface area contributed by atoms with Crippen molar-refractivity contribution in [2.24, 2.45) is 0 Å². The van der Waals surface area contributed by atoms with Gasteiger partial charge in [0.1, 0.15) is 0 Å². The maximum absolute atomic E-state index is 11.7. The number of ether oxygens (including phenoxy) is 1. The largest absolute Gasteiger partial charge is 0.383 e. The van der Waals surface area contributed by atoms with Crippen LogP contribution >= 0.6 is 37.2 Å². The second-order valence-electron chi connectivity index (χ2n) is 5.29. The molecular formula is C14H33Cl3N4O2. The van der Waals surface area contributed by atoms with E-state index in [1.54, 1.807) is 7.11 Å². The van der Waals surface area contributed by atoms with Crippen LogP contribution in [0.2, 0.25) is 0 Å². The number of nitrogens with zero attached hydrogens (tertiary/aromatic N) is 2. The number of rotatable bonds is 9. The average molecular weight is 396 g/mol. The van der Waals surface area contributed by atoms with Gasteiger partial charge in [0, 0.05) is 52.4 Å². The second-order valence-corrected chi connectivity index (χ2v) is 5.29. The lowest BCUT2D eigenvalue weighted by Crippen LogP contribution is -2.52. The van der Waals surface area contributed by atoms with Crippen LogP contribution in [0, 0.1) is 0 Å². The van der Waals surface area contributed by atoms with E-state index in [2.05, 4.69) is 34.3 Å². The van der Waals surface area contributed by atoms with Gasteiger partial charge in [-0.1, -0.05) is 6.92 Å². The lowest BCUT2D eigenvalue weighted by molar-refractivity contribution is -0.120. The molecule has 0 radical (unpaired) electrons. The molecule has 0 aromatic rings. The van der Waals surface area contributed by atoms with Crippen LogP contribution in [0.5, 0.6) is 0 Å². The summed E-state index contributed by atoms with van der Waals surface area (Å²) in [5.74, 6) is 0.0557. The third-order valence-corrected chi connectivity index (χ3v) is 3.84. The molecular weight excluding hydrogens is 363 g/mol. The first-order valence-electron chi connectivity index (χ1n) is 7.60. The number of likely N-dealkylation sites (N-methyl/N-ethyl adjacent to an activating group) is 1. The normalized spacial score (nSPS) is 16.5. The van der Waals surface area contributed by atoms with Crippen molar-refractivity contribution in [3.05, 3.63) is 0 Å². The molecule has 0 saturated carbocycles. The Labute approximate surface area is 159 Å². The van der Waals surface area contributed by atoms with Gasteiger partial charge in [0.05, 0.1) is 13.2 Å². The zero-order valence-electron chi connectivity index (χ0n) is 14.4. The van der Waals surface area contributed by atoms with Crippen LogP contribution in [-0.4, -0.2) is 87.8 Å². The van der Waals surface area contributed by atoms with Crippen LogP contribution in [0.4, 0.5) is 0 Å². The standard InChI is InChI=1S/C14H30N4O2.3ClH/c1-4-17-6-8-18(9-7-17)13(2)11-16-14(19)12-15-5-10-20-3;;;/h13,15H,4-12H2,1-3H3,(H,16,19);3*1H. The summed E-state index contributed by atoms with van der Waals surface area (Å²) in [4.78, 5) is 16.6. The molecule has 0 aromatic heterocycles. The second kappa shape index (κ2) is 17.0. The minimum atomic E-state index is 0. The zero-order valence-corrected chi connectivity index (χ0v) is 16.8. The van der Waals surface area contributed by atoms with Crippen LogP contribution in [0.1, 0.15) is 13.8 Å². The molecule has 0 spiro atoms. The van der Waals surface area contributed by atoms with Gasteiger partial charge in [-0.05, 0) is 13.5 Å². The van der Waals surface area contributed by atoms with Gasteiger partial charge in [-0.2, -0.15) is 0 Å². The highest BCUT2D eigenvalue weighted by Crippen LogP contribution is 2.05. The Morgan fingerprint density at radius 3 is 2.30 bits per heavy atom. The molecule has 6 nitrogen and oxygen atoms in total. The number of amides is 1. The molecule has 1 saturated heterocycles. The smallest absolute Gasteiger partial charge is 0.234 e. The molecule has 9 heteroatoms. The van der Waals surface area contributed by atoms with Crippen molar-refractivity contribution in [3.63, 3.8) is 0 Å². The minimum absolute atomic E-state index is 0. The maximum atomic E-state index is 11.7. The summed E-state index contributed by atoms with van der Waals surface area (Å²) in [7, 11) is 1.65. The van der Waals surface area contributed by atoms with E-state index in [0.29, 0.717) is 25.7 Å². The maximum Gasteiger partial charge on any atom is 0.234 e. The molecule has 1 amide bonds. The van der Waals surface area contributed by atoms with E-state index < -0.39 is 0 Å². The molecule has 1 atom stereocenters. The Kier molecular flexibility index (Phi) is 20.7. The molecule has 0 aliphatic carbocycles. The van der Waals surface area contributed by atoms with Crippen LogP contribution in [0.3, 0.4) is 0 Å². The summed E-state index contributed by atoms with van der Waals surface area (Å²) in [6.45, 7) is 12.4. The predicted octanol–water partition coefficient (Wildman–Crippen LogP) is 0.630. The lowest BCUT2D eigenvalue weighted by Gasteiger charge is -2.37. The Balaban J connectivity index is -0.00000133. The third kappa shape index (κ3) is 12.2. The lowest BCUT2D eigenvalue weighted by atomic mass is 10.2. The Morgan fingerprint density at radius 2 is 1.78 bits per heavy atom. The highest BCUT2D eigenvalue weighted by atomic mass is 35.5. The van der Waals surface area contributed by atoms with E-state index in [4.69, 9.17) is 4.74 Å². The molecule has 1 rings (SSSR count). The third-order valence-electron chi connectivity index (χ3n) is 3.84. The highest BCUT2D eigenvalue weighted by Gasteiger charge is 2.20. The Morgan fingerprint density at radius 1 is 1.17 bits per heavy atom. The van der Waals surface area contributed by atoms with E-state index in [1.165, 1.54) is 0 Å². The van der Waals surface area contributed by atoms with E-state index in [9.17, 15) is 4.79 Å². The number of halogens is 3. The number of methoxy groups -OCH3 is 1. The fourth-order valence-corrected chi connectivity index (χ4v) is 2.35. The summed E-state index contributed by atoms with van der Waals surface area (Å²) in [6.07, 6.45) is 0. The summed E-state index contributed by atoms with van der Waals surface area (Å²) in [5.41, 5.74) is 0. The average Bonchev–Trinajstić information content (AvgIpc) is 2.49. The Bertz CT molecular complexity index is 281. The van der Waals surface area contributed by atoms with Gasteiger partial charge in [-0.25, -0.2) is 0 Å². The van der Waals surface area contributed by atoms with Gasteiger partial charge in [0.2, 0.25) is 5.91 Å². The van der Waals surface area contributed by atoms with E-state index >= 15 is 0 Å². The number of piperazine rings is 1. The van der Waals surface area contributed by atoms with Gasteiger partial charge in [0.25, 0.3) is 0 Å². The van der Waals surface area contributed by atoms with E-state index in [-0.39, 0.29) is 43.1 Å². The first-order valence-corrected chi connectivity index (χ1v) is 7.60. The summed E-state index contributed by atoms with van der Waals surface area (Å²) >= 11 is 0. The van der Waals surface area contributed by atoms with Crippen LogP contribution in [-0.2, 0) is 9.53 Å². The molecule has 1 aliphatic rings. The summed E-state index contributed by atoms with van der Waals surface area (Å²) < 4.78 is 4.91. The van der Waals surface area contributed by atoms with Gasteiger partial charge in [0.15, 0.2) is 0 Å².